The van der Waals surface area contributed by atoms with E-state index < -0.39 is 29.1 Å². The van der Waals surface area contributed by atoms with Crippen LogP contribution in [0.5, 0.6) is 0 Å². The third-order valence-electron chi connectivity index (χ3n) is 4.47. The van der Waals surface area contributed by atoms with Crippen LogP contribution in [0.2, 0.25) is 0 Å². The van der Waals surface area contributed by atoms with E-state index in [0.717, 1.165) is 0 Å². The Morgan fingerprint density at radius 3 is 2.20 bits per heavy atom. The molecular weight excluding hydrogens is 428 g/mol. The predicted molar refractivity (Wildman–Crippen MR) is 119 cm³/mol. The zero-order valence-electron chi connectivity index (χ0n) is 17.7. The molecule has 1 aromatic rings. The minimum Gasteiger partial charge on any atom is -0.464 e. The molecule has 0 bridgehead atoms. The normalized spacial score (nSPS) is 15.7. The third-order valence-corrected chi connectivity index (χ3v) is 6.35. The zero-order chi connectivity index (χ0) is 22.8. The van der Waals surface area contributed by atoms with Gasteiger partial charge >= 0.3 is 11.9 Å². The summed E-state index contributed by atoms with van der Waals surface area (Å²) in [5, 5.41) is 14.4. The largest absolute Gasteiger partial charge is 0.464 e. The van der Waals surface area contributed by atoms with Crippen LogP contribution in [0, 0.1) is 0 Å². The molecule has 10 heteroatoms. The lowest BCUT2D eigenvalue weighted by atomic mass is 9.71. The van der Waals surface area contributed by atoms with Gasteiger partial charge in [0.1, 0.15) is 4.38 Å². The Morgan fingerprint density at radius 1 is 1.17 bits per heavy atom. The van der Waals surface area contributed by atoms with E-state index in [-0.39, 0.29) is 25.2 Å². The molecule has 3 atom stereocenters. The average molecular weight is 457 g/mol. The Balaban J connectivity index is 3.94. The summed E-state index contributed by atoms with van der Waals surface area (Å²) in [4.78, 5) is 41.8. The lowest BCUT2D eigenvalue weighted by molar-refractivity contribution is -0.173. The first kappa shape index (κ1) is 26.0. The molecule has 0 heterocycles. The van der Waals surface area contributed by atoms with E-state index in [9.17, 15) is 19.5 Å². The van der Waals surface area contributed by atoms with Gasteiger partial charge < -0.3 is 19.9 Å². The maximum absolute atomic E-state index is 13.2. The predicted octanol–water partition coefficient (Wildman–Crippen LogP) is 1.96. The van der Waals surface area contributed by atoms with Crippen LogP contribution in [-0.4, -0.2) is 65.1 Å². The number of amides is 1. The summed E-state index contributed by atoms with van der Waals surface area (Å²) in [5.74, 6) is -1.75. The summed E-state index contributed by atoms with van der Waals surface area (Å²) >= 11 is 2.55. The van der Waals surface area contributed by atoms with Gasteiger partial charge in [-0.1, -0.05) is 30.3 Å². The Hall–Kier alpha value is -2.04. The number of nitrogens with zero attached hydrogens (tertiary/aromatic N) is 1. The van der Waals surface area contributed by atoms with Crippen molar-refractivity contribution < 1.29 is 29.0 Å². The summed E-state index contributed by atoms with van der Waals surface area (Å²) in [6.07, 6.45) is 3.82. The van der Waals surface area contributed by atoms with Gasteiger partial charge in [-0.15, -0.1) is 23.5 Å². The highest BCUT2D eigenvalue weighted by Gasteiger charge is 2.62. The monoisotopic (exact) mass is 456 g/mol. The molecule has 0 saturated carbocycles. The van der Waals surface area contributed by atoms with Gasteiger partial charge in [-0.05, 0) is 38.8 Å². The first-order chi connectivity index (χ1) is 14.3. The second kappa shape index (κ2) is 12.0. The molecule has 1 aromatic carbocycles. The smallest absolute Gasteiger partial charge is 0.337 e. The summed E-state index contributed by atoms with van der Waals surface area (Å²) < 4.78 is 10.8. The number of hydrogen-bond acceptors (Lipinski definition) is 9. The average Bonchev–Trinajstić information content (AvgIpc) is 2.75. The minimum absolute atomic E-state index is 0.0149. The van der Waals surface area contributed by atoms with E-state index in [0.29, 0.717) is 4.38 Å². The van der Waals surface area contributed by atoms with Crippen LogP contribution in [-0.2, 0) is 29.5 Å². The molecule has 0 saturated heterocycles. The van der Waals surface area contributed by atoms with Gasteiger partial charge in [0.2, 0.25) is 6.41 Å². The van der Waals surface area contributed by atoms with Crippen LogP contribution in [0.1, 0.15) is 26.3 Å². The highest BCUT2D eigenvalue weighted by atomic mass is 32.2. The highest BCUT2D eigenvalue weighted by Crippen LogP contribution is 2.42. The highest BCUT2D eigenvalue weighted by molar-refractivity contribution is 8.38. The number of rotatable bonds is 10. The van der Waals surface area contributed by atoms with Crippen LogP contribution in [0.3, 0.4) is 0 Å². The number of ether oxygens (including phenoxy) is 2. The molecule has 0 radical (unpaired) electrons. The zero-order valence-corrected chi connectivity index (χ0v) is 19.3. The van der Waals surface area contributed by atoms with Crippen molar-refractivity contribution in [3.8, 4) is 0 Å². The number of aliphatic imine (C=N–C) groups is 1. The standard InChI is InChI=1S/C20H28N2O6S2/c1-6-27-16(24)15(21-13-23)20(26,14-11-9-8-10-12-14)19(3,17(25)28-7-2)22-18(29-4)30-5/h8-13,15,26H,6-7H2,1-5H3,(H,21,23)/t15-,19-,20-/m0/s1. The van der Waals surface area contributed by atoms with Crippen molar-refractivity contribution in [3.05, 3.63) is 35.9 Å². The fraction of sp³-hybridized carbons (Fsp3) is 0.500. The Bertz CT molecular complexity index is 755. The summed E-state index contributed by atoms with van der Waals surface area (Å²) in [6.45, 7) is 4.65. The van der Waals surface area contributed by atoms with Gasteiger partial charge in [-0.2, -0.15) is 0 Å². The van der Waals surface area contributed by atoms with Gasteiger partial charge in [-0.3, -0.25) is 4.79 Å². The van der Waals surface area contributed by atoms with Gasteiger partial charge in [0, 0.05) is 0 Å². The van der Waals surface area contributed by atoms with E-state index in [4.69, 9.17) is 9.47 Å². The quantitative estimate of drug-likeness (QED) is 0.238. The van der Waals surface area contributed by atoms with E-state index in [1.807, 2.05) is 0 Å². The summed E-state index contributed by atoms with van der Waals surface area (Å²) in [6, 6.07) is 6.47. The van der Waals surface area contributed by atoms with E-state index in [1.165, 1.54) is 30.4 Å². The van der Waals surface area contributed by atoms with Gasteiger partial charge in [-0.25, -0.2) is 14.6 Å². The number of carbonyl (C=O) groups excluding carboxylic acids is 3. The van der Waals surface area contributed by atoms with Crippen molar-refractivity contribution in [2.45, 2.75) is 38.0 Å². The number of aliphatic hydroxyl groups is 1. The molecule has 1 amide bonds. The SMILES string of the molecule is CCOC(=O)[C@H](NC=O)[C@@](O)(c1ccccc1)[C@@](C)(N=C(SC)SC)C(=O)OCC. The van der Waals surface area contributed by atoms with Crippen molar-refractivity contribution in [3.63, 3.8) is 0 Å². The van der Waals surface area contributed by atoms with E-state index >= 15 is 0 Å². The lowest BCUT2D eigenvalue weighted by Crippen LogP contribution is -2.66. The van der Waals surface area contributed by atoms with Crippen LogP contribution in [0.4, 0.5) is 0 Å². The Labute approximate surface area is 185 Å². The minimum atomic E-state index is -2.32. The van der Waals surface area contributed by atoms with Crippen LogP contribution >= 0.6 is 23.5 Å². The molecule has 0 aromatic heterocycles. The number of carbonyl (C=O) groups is 3. The molecule has 2 N–H and O–H groups in total. The summed E-state index contributed by atoms with van der Waals surface area (Å²) in [7, 11) is 0. The molecular formula is C20H28N2O6S2. The van der Waals surface area contributed by atoms with E-state index in [1.54, 1.807) is 56.7 Å². The second-order valence-electron chi connectivity index (χ2n) is 6.18. The lowest BCUT2D eigenvalue weighted by Gasteiger charge is -2.44. The first-order valence-corrected chi connectivity index (χ1v) is 11.7. The Morgan fingerprint density at radius 2 is 1.73 bits per heavy atom. The molecule has 0 fully saturated rings. The number of esters is 2. The fourth-order valence-electron chi connectivity index (χ4n) is 2.99. The van der Waals surface area contributed by atoms with Crippen molar-refractivity contribution >= 4 is 46.2 Å². The van der Waals surface area contributed by atoms with Crippen LogP contribution in [0.15, 0.2) is 35.3 Å². The molecule has 8 nitrogen and oxygen atoms in total. The third kappa shape index (κ3) is 5.35. The molecule has 0 spiro atoms. The number of nitrogens with one attached hydrogen (secondary N) is 1. The second-order valence-corrected chi connectivity index (χ2v) is 8.03. The van der Waals surface area contributed by atoms with Crippen molar-refractivity contribution in [2.24, 2.45) is 4.99 Å². The molecule has 0 aliphatic rings. The van der Waals surface area contributed by atoms with Gasteiger partial charge in [0.15, 0.2) is 17.2 Å². The number of thioether (sulfide) groups is 2. The van der Waals surface area contributed by atoms with Crippen LogP contribution < -0.4 is 5.32 Å². The Kier molecular flexibility index (Phi) is 10.4. The molecule has 0 unspecified atom stereocenters. The molecule has 30 heavy (non-hydrogen) atoms. The molecule has 166 valence electrons. The molecule has 1 rings (SSSR count). The van der Waals surface area contributed by atoms with Crippen molar-refractivity contribution in [2.75, 3.05) is 25.7 Å². The molecule has 0 aliphatic carbocycles. The van der Waals surface area contributed by atoms with Gasteiger partial charge in [0.25, 0.3) is 0 Å². The molecule has 0 aliphatic heterocycles. The maximum Gasteiger partial charge on any atom is 0.337 e. The first-order valence-electron chi connectivity index (χ1n) is 9.25. The fourth-order valence-corrected chi connectivity index (χ4v) is 4.20. The van der Waals surface area contributed by atoms with Gasteiger partial charge in [0.05, 0.1) is 13.2 Å². The van der Waals surface area contributed by atoms with E-state index in [2.05, 4.69) is 10.3 Å². The topological polar surface area (TPSA) is 114 Å². The van der Waals surface area contributed by atoms with Crippen molar-refractivity contribution in [1.82, 2.24) is 5.32 Å². The van der Waals surface area contributed by atoms with Crippen LogP contribution in [0.25, 0.3) is 0 Å². The summed E-state index contributed by atoms with van der Waals surface area (Å²) in [5.41, 5.74) is -4.11. The number of hydrogen-bond donors (Lipinski definition) is 2. The number of benzene rings is 1. The van der Waals surface area contributed by atoms with Crippen molar-refractivity contribution in [1.29, 1.82) is 0 Å². The maximum atomic E-state index is 13.2.